The van der Waals surface area contributed by atoms with Gasteiger partial charge in [0.25, 0.3) is 0 Å². The van der Waals surface area contributed by atoms with Gasteiger partial charge in [-0.3, -0.25) is 4.79 Å². The van der Waals surface area contributed by atoms with Crippen molar-refractivity contribution in [1.29, 1.82) is 0 Å². The highest BCUT2D eigenvalue weighted by Crippen LogP contribution is 2.38. The molecule has 0 amide bonds. The van der Waals surface area contributed by atoms with Crippen molar-refractivity contribution in [3.05, 3.63) is 45.8 Å². The lowest BCUT2D eigenvalue weighted by molar-refractivity contribution is 0.103. The number of ketones is 1. The van der Waals surface area contributed by atoms with E-state index in [1.807, 2.05) is 18.2 Å². The number of anilines is 1. The van der Waals surface area contributed by atoms with Crippen molar-refractivity contribution >= 4 is 22.1 Å². The number of methoxy groups -OCH3 is 1. The van der Waals surface area contributed by atoms with E-state index in [9.17, 15) is 4.79 Å². The Bertz CT molecular complexity index is 660. The molecule has 0 unspecified atom stereocenters. The molecule has 0 radical (unpaired) electrons. The number of rotatable bonds is 3. The molecule has 2 N–H and O–H groups in total. The summed E-state index contributed by atoms with van der Waals surface area (Å²) in [7, 11) is 1.58. The number of thiophene rings is 1. The molecule has 0 fully saturated rings. The number of hydrogen-bond donors (Lipinski definition) is 1. The van der Waals surface area contributed by atoms with Crippen molar-refractivity contribution in [2.45, 2.75) is 25.7 Å². The summed E-state index contributed by atoms with van der Waals surface area (Å²) in [6.07, 6.45) is 4.33. The molecular formula is C16H17NO2S. The first-order chi connectivity index (χ1) is 9.72. The first kappa shape index (κ1) is 13.2. The highest BCUT2D eigenvalue weighted by Gasteiger charge is 2.26. The highest BCUT2D eigenvalue weighted by atomic mass is 32.1. The predicted molar refractivity (Wildman–Crippen MR) is 81.8 cm³/mol. The second-order valence-corrected chi connectivity index (χ2v) is 6.12. The minimum absolute atomic E-state index is 0.0145. The molecular weight excluding hydrogens is 270 g/mol. The molecule has 0 bridgehead atoms. The number of nitrogen functional groups attached to an aromatic ring is 1. The third kappa shape index (κ3) is 2.10. The van der Waals surface area contributed by atoms with E-state index in [1.165, 1.54) is 11.3 Å². The maximum absolute atomic E-state index is 12.8. The SMILES string of the molecule is COc1ccccc1C(=O)c1c(N)sc2c1CCCC2. The van der Waals surface area contributed by atoms with Gasteiger partial charge < -0.3 is 10.5 Å². The van der Waals surface area contributed by atoms with Crippen LogP contribution >= 0.6 is 11.3 Å². The van der Waals surface area contributed by atoms with Gasteiger partial charge in [0.2, 0.25) is 0 Å². The number of ether oxygens (including phenoxy) is 1. The third-order valence-corrected chi connectivity index (χ3v) is 4.90. The Labute approximate surface area is 122 Å². The summed E-state index contributed by atoms with van der Waals surface area (Å²) in [6, 6.07) is 7.32. The number of hydrogen-bond acceptors (Lipinski definition) is 4. The van der Waals surface area contributed by atoms with E-state index >= 15 is 0 Å². The smallest absolute Gasteiger partial charge is 0.199 e. The van der Waals surface area contributed by atoms with Crippen LogP contribution in [0.4, 0.5) is 5.00 Å². The summed E-state index contributed by atoms with van der Waals surface area (Å²) in [5, 5.41) is 0.646. The Morgan fingerprint density at radius 1 is 1.25 bits per heavy atom. The van der Waals surface area contributed by atoms with Gasteiger partial charge >= 0.3 is 0 Å². The number of nitrogens with two attached hydrogens (primary N) is 1. The van der Waals surface area contributed by atoms with Gasteiger partial charge in [0.1, 0.15) is 5.75 Å². The summed E-state index contributed by atoms with van der Waals surface area (Å²) in [5.41, 5.74) is 8.56. The minimum Gasteiger partial charge on any atom is -0.496 e. The van der Waals surface area contributed by atoms with E-state index in [0.717, 1.165) is 24.8 Å². The van der Waals surface area contributed by atoms with Crippen molar-refractivity contribution in [1.82, 2.24) is 0 Å². The molecule has 0 saturated heterocycles. The zero-order chi connectivity index (χ0) is 14.1. The molecule has 1 aliphatic carbocycles. The summed E-state index contributed by atoms with van der Waals surface area (Å²) in [5.74, 6) is 0.590. The average Bonchev–Trinajstić information content (AvgIpc) is 2.82. The van der Waals surface area contributed by atoms with Gasteiger partial charge in [-0.25, -0.2) is 0 Å². The fourth-order valence-electron chi connectivity index (χ4n) is 2.80. The zero-order valence-electron chi connectivity index (χ0n) is 11.4. The summed E-state index contributed by atoms with van der Waals surface area (Å²) in [4.78, 5) is 14.1. The van der Waals surface area contributed by atoms with Crippen LogP contribution in [0.2, 0.25) is 0 Å². The van der Waals surface area contributed by atoms with E-state index in [4.69, 9.17) is 10.5 Å². The first-order valence-electron chi connectivity index (χ1n) is 6.80. The molecule has 0 atom stereocenters. The number of carbonyl (C=O) groups excluding carboxylic acids is 1. The van der Waals surface area contributed by atoms with E-state index in [-0.39, 0.29) is 5.78 Å². The second kappa shape index (κ2) is 5.29. The zero-order valence-corrected chi connectivity index (χ0v) is 12.3. The number of aryl methyl sites for hydroxylation is 1. The Morgan fingerprint density at radius 3 is 2.80 bits per heavy atom. The van der Waals surface area contributed by atoms with Crippen molar-refractivity contribution in [2.75, 3.05) is 12.8 Å². The Morgan fingerprint density at radius 2 is 2.00 bits per heavy atom. The van der Waals surface area contributed by atoms with Gasteiger partial charge in [0, 0.05) is 4.88 Å². The lowest BCUT2D eigenvalue weighted by atomic mass is 9.92. The normalized spacial score (nSPS) is 13.8. The van der Waals surface area contributed by atoms with E-state index in [2.05, 4.69) is 0 Å². The van der Waals surface area contributed by atoms with Crippen LogP contribution in [-0.2, 0) is 12.8 Å². The first-order valence-corrected chi connectivity index (χ1v) is 7.61. The standard InChI is InChI=1S/C16H17NO2S/c1-19-12-8-4-2-6-10(12)15(18)14-11-7-3-5-9-13(11)20-16(14)17/h2,4,6,8H,3,5,7,9,17H2,1H3. The van der Waals surface area contributed by atoms with Gasteiger partial charge in [-0.2, -0.15) is 0 Å². The minimum atomic E-state index is -0.0145. The molecule has 1 aliphatic rings. The van der Waals surface area contributed by atoms with Gasteiger partial charge in [0.15, 0.2) is 5.78 Å². The van der Waals surface area contributed by atoms with Gasteiger partial charge in [-0.15, -0.1) is 11.3 Å². The number of benzene rings is 1. The maximum Gasteiger partial charge on any atom is 0.199 e. The van der Waals surface area contributed by atoms with Gasteiger partial charge in [-0.1, -0.05) is 12.1 Å². The van der Waals surface area contributed by atoms with Crippen molar-refractivity contribution < 1.29 is 9.53 Å². The monoisotopic (exact) mass is 287 g/mol. The molecule has 4 heteroatoms. The topological polar surface area (TPSA) is 52.3 Å². The molecule has 3 nitrogen and oxygen atoms in total. The summed E-state index contributed by atoms with van der Waals surface area (Å²) < 4.78 is 5.29. The number of fused-ring (bicyclic) bond motifs is 1. The Balaban J connectivity index is 2.09. The summed E-state index contributed by atoms with van der Waals surface area (Å²) >= 11 is 1.57. The second-order valence-electron chi connectivity index (χ2n) is 4.98. The lowest BCUT2D eigenvalue weighted by Crippen LogP contribution is -2.10. The summed E-state index contributed by atoms with van der Waals surface area (Å²) in [6.45, 7) is 0. The highest BCUT2D eigenvalue weighted by molar-refractivity contribution is 7.16. The maximum atomic E-state index is 12.8. The number of carbonyl (C=O) groups is 1. The Kier molecular flexibility index (Phi) is 3.49. The largest absolute Gasteiger partial charge is 0.496 e. The lowest BCUT2D eigenvalue weighted by Gasteiger charge is -2.13. The van der Waals surface area contributed by atoms with Crippen molar-refractivity contribution in [3.8, 4) is 5.75 Å². The van der Waals surface area contributed by atoms with Crippen molar-refractivity contribution in [2.24, 2.45) is 0 Å². The quantitative estimate of drug-likeness (QED) is 0.880. The molecule has 0 spiro atoms. The fraction of sp³-hybridized carbons (Fsp3) is 0.312. The van der Waals surface area contributed by atoms with Crippen LogP contribution in [0.25, 0.3) is 0 Å². The van der Waals surface area contributed by atoms with Crippen LogP contribution in [0, 0.1) is 0 Å². The van der Waals surface area contributed by atoms with Crippen LogP contribution in [0.15, 0.2) is 24.3 Å². The van der Waals surface area contributed by atoms with Gasteiger partial charge in [-0.05, 0) is 43.4 Å². The number of para-hydroxylation sites is 1. The molecule has 104 valence electrons. The van der Waals surface area contributed by atoms with Gasteiger partial charge in [0.05, 0.1) is 23.2 Å². The Hall–Kier alpha value is -1.81. The molecule has 0 saturated carbocycles. The molecule has 3 rings (SSSR count). The molecule has 2 aromatic rings. The third-order valence-electron chi connectivity index (χ3n) is 3.78. The van der Waals surface area contributed by atoms with Crippen LogP contribution in [0.5, 0.6) is 5.75 Å². The molecule has 20 heavy (non-hydrogen) atoms. The van der Waals surface area contributed by atoms with Crippen LogP contribution < -0.4 is 10.5 Å². The average molecular weight is 287 g/mol. The molecule has 1 heterocycles. The van der Waals surface area contributed by atoms with Crippen LogP contribution in [-0.4, -0.2) is 12.9 Å². The molecule has 0 aliphatic heterocycles. The predicted octanol–water partition coefficient (Wildman–Crippen LogP) is 3.45. The van der Waals surface area contributed by atoms with Crippen molar-refractivity contribution in [3.63, 3.8) is 0 Å². The van der Waals surface area contributed by atoms with E-state index < -0.39 is 0 Å². The van der Waals surface area contributed by atoms with E-state index in [1.54, 1.807) is 24.5 Å². The fourth-order valence-corrected chi connectivity index (χ4v) is 3.96. The van der Waals surface area contributed by atoms with Crippen LogP contribution in [0.3, 0.4) is 0 Å². The molecule has 1 aromatic heterocycles. The van der Waals surface area contributed by atoms with Crippen LogP contribution in [0.1, 0.15) is 39.2 Å². The van der Waals surface area contributed by atoms with E-state index in [0.29, 0.717) is 21.9 Å². The molecule has 1 aromatic carbocycles.